The molecule has 0 aliphatic carbocycles. The maximum Gasteiger partial charge on any atom is 0.466 e. The van der Waals surface area contributed by atoms with E-state index in [-0.39, 0.29) is 40.5 Å². The first-order valence-electron chi connectivity index (χ1n) is 7.45. The van der Waals surface area contributed by atoms with Gasteiger partial charge in [0.05, 0.1) is 22.0 Å². The van der Waals surface area contributed by atoms with Crippen molar-refractivity contribution >= 4 is 50.9 Å². The van der Waals surface area contributed by atoms with E-state index in [0.29, 0.717) is 5.02 Å². The van der Waals surface area contributed by atoms with Gasteiger partial charge in [0.15, 0.2) is 0 Å². The lowest BCUT2D eigenvalue weighted by atomic mass is 9.98. The SMILES string of the molecule is O=C(c1ccc(Cl)cc1Cl)N1CC/C(=N/OS(=O)(=O)O)c2ccc(F)cc21. The van der Waals surface area contributed by atoms with Crippen LogP contribution in [0.15, 0.2) is 41.6 Å². The van der Waals surface area contributed by atoms with Gasteiger partial charge in [-0.15, -0.1) is 0 Å². The highest BCUT2D eigenvalue weighted by Gasteiger charge is 2.29. The zero-order valence-corrected chi connectivity index (χ0v) is 15.7. The smallest absolute Gasteiger partial charge is 0.307 e. The van der Waals surface area contributed by atoms with Gasteiger partial charge < -0.3 is 4.90 Å². The molecular weight excluding hydrogens is 422 g/mol. The quantitative estimate of drug-likeness (QED) is 0.588. The standard InChI is InChI=1S/C16H11Cl2FN2O5S/c17-9-1-3-11(13(18)7-9)16(22)21-6-5-14(20-26-27(23,24)25)12-4-2-10(19)8-15(12)21/h1-4,7-8H,5-6H2,(H,23,24,25)/b20-14-. The van der Waals surface area contributed by atoms with Gasteiger partial charge in [-0.2, -0.15) is 8.42 Å². The highest BCUT2D eigenvalue weighted by molar-refractivity contribution is 7.80. The number of amides is 1. The van der Waals surface area contributed by atoms with Gasteiger partial charge in [0.25, 0.3) is 5.91 Å². The van der Waals surface area contributed by atoms with Crippen LogP contribution in [0.2, 0.25) is 10.0 Å². The summed E-state index contributed by atoms with van der Waals surface area (Å²) in [7, 11) is -4.79. The van der Waals surface area contributed by atoms with Crippen molar-refractivity contribution < 1.29 is 26.4 Å². The highest BCUT2D eigenvalue weighted by atomic mass is 35.5. The monoisotopic (exact) mass is 432 g/mol. The highest BCUT2D eigenvalue weighted by Crippen LogP contribution is 2.32. The molecule has 2 aromatic rings. The zero-order valence-electron chi connectivity index (χ0n) is 13.4. The summed E-state index contributed by atoms with van der Waals surface area (Å²) in [4.78, 5) is 14.2. The number of anilines is 1. The van der Waals surface area contributed by atoms with E-state index in [1.807, 2.05) is 0 Å². The van der Waals surface area contributed by atoms with Crippen molar-refractivity contribution in [3.8, 4) is 0 Å². The van der Waals surface area contributed by atoms with Crippen molar-refractivity contribution in [1.82, 2.24) is 0 Å². The molecule has 1 amide bonds. The van der Waals surface area contributed by atoms with E-state index < -0.39 is 22.1 Å². The number of nitrogens with zero attached hydrogens (tertiary/aromatic N) is 2. The molecule has 0 fully saturated rings. The average Bonchev–Trinajstić information content (AvgIpc) is 2.58. The van der Waals surface area contributed by atoms with Crippen LogP contribution in [0.4, 0.5) is 10.1 Å². The number of fused-ring (bicyclic) bond motifs is 1. The Morgan fingerprint density at radius 1 is 1.22 bits per heavy atom. The summed E-state index contributed by atoms with van der Waals surface area (Å²) < 4.78 is 48.0. The lowest BCUT2D eigenvalue weighted by Crippen LogP contribution is -2.38. The number of benzene rings is 2. The van der Waals surface area contributed by atoms with E-state index >= 15 is 0 Å². The van der Waals surface area contributed by atoms with Crippen molar-refractivity contribution in [1.29, 1.82) is 0 Å². The van der Waals surface area contributed by atoms with E-state index in [9.17, 15) is 17.6 Å². The fraction of sp³-hybridized carbons (Fsp3) is 0.125. The summed E-state index contributed by atoms with van der Waals surface area (Å²) in [5.41, 5.74) is 0.749. The number of carbonyl (C=O) groups excluding carboxylic acids is 1. The molecule has 0 aromatic heterocycles. The minimum absolute atomic E-state index is 0.0575. The summed E-state index contributed by atoms with van der Waals surface area (Å²) in [6, 6.07) is 7.95. The summed E-state index contributed by atoms with van der Waals surface area (Å²) in [6.45, 7) is 0.0575. The molecule has 0 unspecified atom stereocenters. The van der Waals surface area contributed by atoms with Crippen molar-refractivity contribution in [2.24, 2.45) is 5.16 Å². The first kappa shape index (κ1) is 19.6. The average molecular weight is 433 g/mol. The molecule has 2 aromatic carbocycles. The van der Waals surface area contributed by atoms with Gasteiger partial charge in [-0.1, -0.05) is 28.4 Å². The van der Waals surface area contributed by atoms with Gasteiger partial charge in [-0.05, 0) is 36.4 Å². The van der Waals surface area contributed by atoms with Crippen molar-refractivity contribution in [2.45, 2.75) is 6.42 Å². The Bertz CT molecular complexity index is 1060. The van der Waals surface area contributed by atoms with Crippen molar-refractivity contribution in [2.75, 3.05) is 11.4 Å². The van der Waals surface area contributed by atoms with Gasteiger partial charge in [0.1, 0.15) is 5.82 Å². The largest absolute Gasteiger partial charge is 0.466 e. The van der Waals surface area contributed by atoms with Gasteiger partial charge >= 0.3 is 10.4 Å². The van der Waals surface area contributed by atoms with Gasteiger partial charge in [0, 0.05) is 23.6 Å². The van der Waals surface area contributed by atoms with Gasteiger partial charge in [-0.25, -0.2) is 8.67 Å². The van der Waals surface area contributed by atoms with Gasteiger partial charge in [-0.3, -0.25) is 9.35 Å². The fourth-order valence-corrected chi connectivity index (χ4v) is 3.32. The second-order valence-electron chi connectivity index (χ2n) is 5.53. The molecular formula is C16H11Cl2FN2O5S. The summed E-state index contributed by atoms with van der Waals surface area (Å²) in [6.07, 6.45) is 0.102. The number of carbonyl (C=O) groups is 1. The predicted molar refractivity (Wildman–Crippen MR) is 98.3 cm³/mol. The Kier molecular flexibility index (Phi) is 5.38. The Morgan fingerprint density at radius 3 is 2.63 bits per heavy atom. The maximum absolute atomic E-state index is 13.8. The maximum atomic E-state index is 13.8. The molecule has 1 aliphatic heterocycles. The molecule has 0 saturated heterocycles. The minimum atomic E-state index is -4.79. The number of halogens is 3. The molecule has 1 N–H and O–H groups in total. The van der Waals surface area contributed by atoms with E-state index in [1.54, 1.807) is 0 Å². The second-order valence-corrected chi connectivity index (χ2v) is 7.38. The summed E-state index contributed by atoms with van der Waals surface area (Å²) in [5, 5.41) is 3.89. The third kappa shape index (κ3) is 4.38. The first-order valence-corrected chi connectivity index (χ1v) is 9.57. The number of hydrogen-bond donors (Lipinski definition) is 1. The molecule has 11 heteroatoms. The minimum Gasteiger partial charge on any atom is -0.307 e. The molecule has 1 heterocycles. The topological polar surface area (TPSA) is 96.3 Å². The van der Waals surface area contributed by atoms with Gasteiger partial charge in [0.2, 0.25) is 0 Å². The normalized spacial score (nSPS) is 15.6. The Hall–Kier alpha value is -2.20. The first-order chi connectivity index (χ1) is 12.7. The molecule has 0 atom stereocenters. The third-order valence-corrected chi connectivity index (χ3v) is 4.59. The molecule has 142 valence electrons. The Morgan fingerprint density at radius 2 is 1.96 bits per heavy atom. The molecule has 0 saturated carbocycles. The van der Waals surface area contributed by atoms with Crippen LogP contribution in [0.1, 0.15) is 22.3 Å². The Balaban J connectivity index is 2.03. The van der Waals surface area contributed by atoms with Crippen LogP contribution in [-0.2, 0) is 14.7 Å². The van der Waals surface area contributed by atoms with Crippen LogP contribution in [0, 0.1) is 5.82 Å². The molecule has 0 spiro atoms. The Labute approximate surface area is 163 Å². The van der Waals surface area contributed by atoms with Crippen LogP contribution in [0.5, 0.6) is 0 Å². The molecule has 0 bridgehead atoms. The third-order valence-electron chi connectivity index (χ3n) is 3.78. The number of oxime groups is 1. The molecule has 27 heavy (non-hydrogen) atoms. The molecule has 3 rings (SSSR count). The van der Waals surface area contributed by atoms with E-state index in [1.165, 1.54) is 29.2 Å². The molecule has 0 radical (unpaired) electrons. The van der Waals surface area contributed by atoms with Crippen LogP contribution >= 0.6 is 23.2 Å². The predicted octanol–water partition coefficient (Wildman–Crippen LogP) is 3.71. The van der Waals surface area contributed by atoms with Crippen LogP contribution in [0.25, 0.3) is 0 Å². The fourth-order valence-electron chi connectivity index (χ4n) is 2.65. The summed E-state index contributed by atoms with van der Waals surface area (Å²) in [5.74, 6) is -1.09. The lowest BCUT2D eigenvalue weighted by molar-refractivity contribution is 0.0987. The zero-order chi connectivity index (χ0) is 19.8. The lowest BCUT2D eigenvalue weighted by Gasteiger charge is -2.30. The van der Waals surface area contributed by atoms with E-state index in [2.05, 4.69) is 9.44 Å². The van der Waals surface area contributed by atoms with Crippen LogP contribution < -0.4 is 4.90 Å². The van der Waals surface area contributed by atoms with Crippen molar-refractivity contribution in [3.05, 3.63) is 63.4 Å². The van der Waals surface area contributed by atoms with E-state index in [4.69, 9.17) is 27.8 Å². The van der Waals surface area contributed by atoms with Crippen LogP contribution in [0.3, 0.4) is 0 Å². The number of rotatable bonds is 3. The van der Waals surface area contributed by atoms with Crippen LogP contribution in [-0.4, -0.2) is 31.1 Å². The molecule has 7 nitrogen and oxygen atoms in total. The summed E-state index contributed by atoms with van der Waals surface area (Å²) >= 11 is 11.9. The number of hydrogen-bond acceptors (Lipinski definition) is 5. The molecule has 1 aliphatic rings. The van der Waals surface area contributed by atoms with E-state index in [0.717, 1.165) is 12.1 Å². The second kappa shape index (κ2) is 7.43. The van der Waals surface area contributed by atoms with Crippen molar-refractivity contribution in [3.63, 3.8) is 0 Å².